The fraction of sp³-hybridized carbons (Fsp3) is 0.286. The topological polar surface area (TPSA) is 72.0 Å². The quantitative estimate of drug-likeness (QED) is 0.576. The van der Waals surface area contributed by atoms with Crippen molar-refractivity contribution in [2.24, 2.45) is 5.92 Å². The van der Waals surface area contributed by atoms with E-state index in [0.717, 1.165) is 30.0 Å². The molecule has 0 fully saturated rings. The van der Waals surface area contributed by atoms with E-state index in [1.165, 1.54) is 0 Å². The zero-order chi connectivity index (χ0) is 18.9. The summed E-state index contributed by atoms with van der Waals surface area (Å²) in [5.74, 6) is 2.63. The molecule has 0 radical (unpaired) electrons. The molecule has 140 valence electrons. The monoisotopic (exact) mass is 363 g/mol. The summed E-state index contributed by atoms with van der Waals surface area (Å²) in [4.78, 5) is 4.44. The minimum atomic E-state index is 0.531. The van der Waals surface area contributed by atoms with Gasteiger partial charge in [-0.2, -0.15) is 10.1 Å². The summed E-state index contributed by atoms with van der Waals surface area (Å²) in [6, 6.07) is 17.9. The van der Waals surface area contributed by atoms with E-state index in [-0.39, 0.29) is 0 Å². The van der Waals surface area contributed by atoms with Crippen molar-refractivity contribution in [2.75, 3.05) is 17.2 Å². The number of hydrogen-bond acceptors (Lipinski definition) is 6. The maximum absolute atomic E-state index is 5.80. The normalized spacial score (nSPS) is 10.6. The molecule has 0 aliphatic heterocycles. The number of hydrogen-bond donors (Lipinski definition) is 2. The van der Waals surface area contributed by atoms with E-state index in [1.807, 2.05) is 54.6 Å². The average Bonchev–Trinajstić information content (AvgIpc) is 2.68. The largest absolute Gasteiger partial charge is 0.489 e. The van der Waals surface area contributed by atoms with Crippen LogP contribution in [-0.2, 0) is 6.61 Å². The highest BCUT2D eigenvalue weighted by atomic mass is 16.5. The van der Waals surface area contributed by atoms with Crippen molar-refractivity contribution >= 4 is 17.5 Å². The van der Waals surface area contributed by atoms with Crippen LogP contribution in [0.4, 0.5) is 17.5 Å². The Kier molecular flexibility index (Phi) is 6.57. The number of rotatable bonds is 9. The van der Waals surface area contributed by atoms with Crippen molar-refractivity contribution in [2.45, 2.75) is 26.9 Å². The van der Waals surface area contributed by atoms with Gasteiger partial charge in [-0.05, 0) is 42.2 Å². The third-order valence-corrected chi connectivity index (χ3v) is 3.94. The molecule has 0 aliphatic carbocycles. The maximum atomic E-state index is 5.80. The van der Waals surface area contributed by atoms with Gasteiger partial charge < -0.3 is 15.4 Å². The van der Waals surface area contributed by atoms with Gasteiger partial charge in [-0.15, -0.1) is 5.10 Å². The predicted molar refractivity (Wildman–Crippen MR) is 108 cm³/mol. The summed E-state index contributed by atoms with van der Waals surface area (Å²) in [6.07, 6.45) is 2.67. The number of benzene rings is 2. The van der Waals surface area contributed by atoms with Crippen LogP contribution in [0.3, 0.4) is 0 Å². The third kappa shape index (κ3) is 6.26. The van der Waals surface area contributed by atoms with Crippen LogP contribution in [0.5, 0.6) is 5.75 Å². The minimum Gasteiger partial charge on any atom is -0.489 e. The second-order valence-electron chi connectivity index (χ2n) is 6.70. The van der Waals surface area contributed by atoms with Crippen molar-refractivity contribution in [3.05, 3.63) is 66.4 Å². The minimum absolute atomic E-state index is 0.531. The molecule has 3 aromatic rings. The van der Waals surface area contributed by atoms with Gasteiger partial charge in [0.2, 0.25) is 5.95 Å². The number of ether oxygens (including phenoxy) is 1. The smallest absolute Gasteiger partial charge is 0.244 e. The predicted octanol–water partition coefficient (Wildman–Crippen LogP) is 4.65. The van der Waals surface area contributed by atoms with Crippen LogP contribution in [0.25, 0.3) is 0 Å². The third-order valence-electron chi connectivity index (χ3n) is 3.94. The zero-order valence-corrected chi connectivity index (χ0v) is 15.7. The molecule has 0 aliphatic rings. The van der Waals surface area contributed by atoms with Gasteiger partial charge in [-0.1, -0.05) is 44.2 Å². The van der Waals surface area contributed by atoms with Crippen molar-refractivity contribution in [1.29, 1.82) is 0 Å². The molecule has 3 rings (SSSR count). The first-order valence-electron chi connectivity index (χ1n) is 9.16. The van der Waals surface area contributed by atoms with E-state index >= 15 is 0 Å². The first kappa shape index (κ1) is 18.6. The Labute approximate surface area is 160 Å². The van der Waals surface area contributed by atoms with E-state index in [0.29, 0.717) is 24.3 Å². The molecular formula is C21H25N5O. The molecule has 2 N–H and O–H groups in total. The second kappa shape index (κ2) is 9.52. The molecule has 0 saturated heterocycles. The Morgan fingerprint density at radius 3 is 2.52 bits per heavy atom. The Balaban J connectivity index is 1.53. The van der Waals surface area contributed by atoms with E-state index < -0.39 is 0 Å². The van der Waals surface area contributed by atoms with Gasteiger partial charge in [0.25, 0.3) is 0 Å². The Hall–Kier alpha value is -3.15. The van der Waals surface area contributed by atoms with Crippen LogP contribution in [-0.4, -0.2) is 21.7 Å². The van der Waals surface area contributed by atoms with Gasteiger partial charge in [0.15, 0.2) is 5.82 Å². The van der Waals surface area contributed by atoms with Crippen LogP contribution < -0.4 is 15.4 Å². The van der Waals surface area contributed by atoms with Crippen LogP contribution in [0.2, 0.25) is 0 Å². The first-order chi connectivity index (χ1) is 13.2. The lowest BCUT2D eigenvalue weighted by Crippen LogP contribution is -2.09. The molecule has 1 heterocycles. The maximum Gasteiger partial charge on any atom is 0.244 e. The standard InChI is InChI=1S/C21H25N5O/c1-16(2)12-13-22-21-25-20(14-23-26-21)24-18-8-10-19(11-9-18)27-15-17-6-4-3-5-7-17/h3-11,14,16H,12-13,15H2,1-2H3,(H2,22,24,25,26). The molecule has 27 heavy (non-hydrogen) atoms. The molecule has 0 unspecified atom stereocenters. The number of anilines is 3. The van der Waals surface area contributed by atoms with Crippen molar-refractivity contribution in [3.8, 4) is 5.75 Å². The van der Waals surface area contributed by atoms with E-state index in [2.05, 4.69) is 39.7 Å². The number of nitrogens with zero attached hydrogens (tertiary/aromatic N) is 3. The summed E-state index contributed by atoms with van der Waals surface area (Å²) in [5, 5.41) is 14.4. The van der Waals surface area contributed by atoms with Gasteiger partial charge in [0, 0.05) is 12.2 Å². The molecule has 0 saturated carbocycles. The molecule has 1 aromatic heterocycles. The number of aromatic nitrogens is 3. The van der Waals surface area contributed by atoms with Gasteiger partial charge in [0.05, 0.1) is 6.20 Å². The highest BCUT2D eigenvalue weighted by molar-refractivity contribution is 5.57. The fourth-order valence-corrected chi connectivity index (χ4v) is 2.43. The summed E-state index contributed by atoms with van der Waals surface area (Å²) >= 11 is 0. The highest BCUT2D eigenvalue weighted by Crippen LogP contribution is 2.20. The molecule has 6 nitrogen and oxygen atoms in total. The molecule has 0 amide bonds. The zero-order valence-electron chi connectivity index (χ0n) is 15.7. The fourth-order valence-electron chi connectivity index (χ4n) is 2.43. The van der Waals surface area contributed by atoms with Gasteiger partial charge >= 0.3 is 0 Å². The van der Waals surface area contributed by atoms with Crippen LogP contribution in [0.15, 0.2) is 60.8 Å². The van der Waals surface area contributed by atoms with Crippen LogP contribution in [0.1, 0.15) is 25.8 Å². The van der Waals surface area contributed by atoms with E-state index in [9.17, 15) is 0 Å². The summed E-state index contributed by atoms with van der Waals surface area (Å²) in [7, 11) is 0. The Morgan fingerprint density at radius 1 is 1.00 bits per heavy atom. The molecule has 0 spiro atoms. The second-order valence-corrected chi connectivity index (χ2v) is 6.70. The summed E-state index contributed by atoms with van der Waals surface area (Å²) in [6.45, 7) is 5.75. The molecule has 2 aromatic carbocycles. The first-order valence-corrected chi connectivity index (χ1v) is 9.16. The van der Waals surface area contributed by atoms with E-state index in [1.54, 1.807) is 6.20 Å². The van der Waals surface area contributed by atoms with Crippen molar-refractivity contribution in [3.63, 3.8) is 0 Å². The van der Waals surface area contributed by atoms with Gasteiger partial charge in [-0.3, -0.25) is 0 Å². The SMILES string of the molecule is CC(C)CCNc1nncc(Nc2ccc(OCc3ccccc3)cc2)n1. The van der Waals surface area contributed by atoms with Gasteiger partial charge in [-0.25, -0.2) is 0 Å². The van der Waals surface area contributed by atoms with Crippen LogP contribution >= 0.6 is 0 Å². The average molecular weight is 363 g/mol. The number of nitrogens with one attached hydrogen (secondary N) is 2. The molecule has 0 bridgehead atoms. The van der Waals surface area contributed by atoms with Crippen LogP contribution in [0, 0.1) is 5.92 Å². The molecule has 0 atom stereocenters. The van der Waals surface area contributed by atoms with Crippen molar-refractivity contribution in [1.82, 2.24) is 15.2 Å². The van der Waals surface area contributed by atoms with E-state index in [4.69, 9.17) is 4.74 Å². The summed E-state index contributed by atoms with van der Waals surface area (Å²) < 4.78 is 5.80. The molecule has 6 heteroatoms. The van der Waals surface area contributed by atoms with Gasteiger partial charge in [0.1, 0.15) is 12.4 Å². The lowest BCUT2D eigenvalue weighted by atomic mass is 10.1. The van der Waals surface area contributed by atoms with Crippen molar-refractivity contribution < 1.29 is 4.74 Å². The Bertz CT molecular complexity index is 821. The Morgan fingerprint density at radius 2 is 1.78 bits per heavy atom. The lowest BCUT2D eigenvalue weighted by Gasteiger charge is -2.10. The summed E-state index contributed by atoms with van der Waals surface area (Å²) in [5.41, 5.74) is 2.06. The lowest BCUT2D eigenvalue weighted by molar-refractivity contribution is 0.306. The highest BCUT2D eigenvalue weighted by Gasteiger charge is 2.03. The molecular weight excluding hydrogens is 338 g/mol.